The number of aliphatic hydroxyl groups is 1. The van der Waals surface area contributed by atoms with Crippen LogP contribution in [-0.2, 0) is 6.54 Å². The van der Waals surface area contributed by atoms with Crippen LogP contribution < -0.4 is 4.74 Å². The number of hydrogen-bond acceptors (Lipinski definition) is 3. The first-order chi connectivity index (χ1) is 13.4. The van der Waals surface area contributed by atoms with E-state index in [-0.39, 0.29) is 6.61 Å². The molecule has 2 aromatic carbocycles. The van der Waals surface area contributed by atoms with E-state index in [1.165, 1.54) is 11.1 Å². The molecule has 150 valence electrons. The van der Waals surface area contributed by atoms with Crippen LogP contribution in [0.1, 0.15) is 62.9 Å². The van der Waals surface area contributed by atoms with Gasteiger partial charge in [-0.15, -0.1) is 0 Å². The first-order valence-corrected chi connectivity index (χ1v) is 10.3. The second kappa shape index (κ2) is 8.78. The van der Waals surface area contributed by atoms with Crippen LogP contribution in [-0.4, -0.2) is 27.4 Å². The molecular formula is C24H32N2O2. The van der Waals surface area contributed by atoms with Crippen LogP contribution in [0.15, 0.2) is 42.5 Å². The Labute approximate surface area is 168 Å². The molecule has 3 rings (SSSR count). The van der Waals surface area contributed by atoms with Gasteiger partial charge in [0.05, 0.1) is 17.6 Å². The second-order valence-electron chi connectivity index (χ2n) is 8.02. The van der Waals surface area contributed by atoms with Crippen LogP contribution in [0, 0.1) is 6.92 Å². The molecule has 4 nitrogen and oxygen atoms in total. The van der Waals surface area contributed by atoms with Crippen molar-refractivity contribution in [3.63, 3.8) is 0 Å². The molecule has 0 bridgehead atoms. The molecule has 0 aliphatic carbocycles. The van der Waals surface area contributed by atoms with Gasteiger partial charge in [0, 0.05) is 5.92 Å². The second-order valence-corrected chi connectivity index (χ2v) is 8.02. The van der Waals surface area contributed by atoms with Gasteiger partial charge in [-0.25, -0.2) is 4.98 Å². The molecule has 0 aliphatic heterocycles. The molecule has 0 radical (unpaired) electrons. The Bertz CT molecular complexity index is 929. The van der Waals surface area contributed by atoms with Crippen molar-refractivity contribution in [1.82, 2.24) is 9.55 Å². The van der Waals surface area contributed by atoms with Crippen molar-refractivity contribution in [3.8, 4) is 5.75 Å². The summed E-state index contributed by atoms with van der Waals surface area (Å²) < 4.78 is 8.03. The summed E-state index contributed by atoms with van der Waals surface area (Å²) in [5.74, 6) is 2.67. The molecule has 2 unspecified atom stereocenters. The average molecular weight is 381 g/mol. The highest BCUT2D eigenvalue weighted by Gasteiger charge is 2.18. The summed E-state index contributed by atoms with van der Waals surface area (Å²) in [6.07, 6.45) is 0.405. The van der Waals surface area contributed by atoms with Crippen molar-refractivity contribution in [3.05, 3.63) is 59.4 Å². The van der Waals surface area contributed by atoms with Crippen LogP contribution in [0.5, 0.6) is 5.75 Å². The third-order valence-corrected chi connectivity index (χ3v) is 5.44. The maximum absolute atomic E-state index is 10.7. The van der Waals surface area contributed by atoms with Crippen LogP contribution in [0.2, 0.25) is 0 Å². The molecule has 3 aromatic rings. The van der Waals surface area contributed by atoms with Crippen molar-refractivity contribution in [1.29, 1.82) is 0 Å². The zero-order valence-electron chi connectivity index (χ0n) is 17.6. The normalized spacial score (nSPS) is 13.8. The third kappa shape index (κ3) is 4.39. The lowest BCUT2D eigenvalue weighted by Crippen LogP contribution is -2.25. The van der Waals surface area contributed by atoms with Crippen molar-refractivity contribution < 1.29 is 9.84 Å². The Kier molecular flexibility index (Phi) is 6.40. The zero-order chi connectivity index (χ0) is 20.3. The van der Waals surface area contributed by atoms with Gasteiger partial charge >= 0.3 is 0 Å². The van der Waals surface area contributed by atoms with E-state index in [0.717, 1.165) is 29.0 Å². The number of nitrogens with zero attached hydrogens (tertiary/aromatic N) is 2. The zero-order valence-corrected chi connectivity index (χ0v) is 17.6. The van der Waals surface area contributed by atoms with E-state index in [9.17, 15) is 5.11 Å². The summed E-state index contributed by atoms with van der Waals surface area (Å²) in [5, 5.41) is 10.7. The lowest BCUT2D eigenvalue weighted by atomic mass is 9.98. The molecule has 0 amide bonds. The number of rotatable bonds is 8. The maximum atomic E-state index is 10.7. The van der Waals surface area contributed by atoms with Crippen LogP contribution in [0.25, 0.3) is 11.0 Å². The van der Waals surface area contributed by atoms with E-state index >= 15 is 0 Å². The summed E-state index contributed by atoms with van der Waals surface area (Å²) in [5.41, 5.74) is 4.59. The highest BCUT2D eigenvalue weighted by Crippen LogP contribution is 2.25. The Hall–Kier alpha value is -2.33. The standard InChI is InChI=1S/C24H32N2O2/c1-6-17(4)24-25-22-9-7-8-10-23(22)26(24)14-19(27)15-28-20-11-12-21(16(2)3)18(5)13-20/h7-13,16-17,19,27H,6,14-15H2,1-5H3. The van der Waals surface area contributed by atoms with Gasteiger partial charge in [0.15, 0.2) is 0 Å². The van der Waals surface area contributed by atoms with E-state index in [0.29, 0.717) is 18.4 Å². The van der Waals surface area contributed by atoms with E-state index in [4.69, 9.17) is 9.72 Å². The largest absolute Gasteiger partial charge is 0.491 e. The molecule has 0 spiro atoms. The Morgan fingerprint density at radius 1 is 1.11 bits per heavy atom. The van der Waals surface area contributed by atoms with Crippen molar-refractivity contribution in [2.24, 2.45) is 0 Å². The predicted molar refractivity (Wildman–Crippen MR) is 115 cm³/mol. The van der Waals surface area contributed by atoms with E-state index in [1.54, 1.807) is 0 Å². The molecular weight excluding hydrogens is 348 g/mol. The number of benzene rings is 2. The molecule has 1 aromatic heterocycles. The number of ether oxygens (including phenoxy) is 1. The first-order valence-electron chi connectivity index (χ1n) is 10.3. The van der Waals surface area contributed by atoms with Crippen molar-refractivity contribution in [2.45, 2.75) is 65.5 Å². The summed E-state index contributed by atoms with van der Waals surface area (Å²) in [6.45, 7) is 11.6. The SMILES string of the molecule is CCC(C)c1nc2ccccc2n1CC(O)COc1ccc(C(C)C)c(C)c1. The maximum Gasteiger partial charge on any atom is 0.119 e. The number of aromatic nitrogens is 2. The summed E-state index contributed by atoms with van der Waals surface area (Å²) in [6, 6.07) is 14.3. The number of para-hydroxylation sites is 2. The number of imidazole rings is 1. The highest BCUT2D eigenvalue weighted by molar-refractivity contribution is 5.76. The van der Waals surface area contributed by atoms with E-state index in [2.05, 4.69) is 57.4 Å². The smallest absolute Gasteiger partial charge is 0.119 e. The average Bonchev–Trinajstić information content (AvgIpc) is 3.04. The minimum atomic E-state index is -0.606. The minimum absolute atomic E-state index is 0.257. The van der Waals surface area contributed by atoms with Gasteiger partial charge < -0.3 is 14.4 Å². The topological polar surface area (TPSA) is 47.3 Å². The van der Waals surface area contributed by atoms with Gasteiger partial charge in [0.1, 0.15) is 24.3 Å². The van der Waals surface area contributed by atoms with E-state index in [1.807, 2.05) is 24.3 Å². The first kappa shape index (κ1) is 20.4. The lowest BCUT2D eigenvalue weighted by molar-refractivity contribution is 0.0924. The number of aliphatic hydroxyl groups excluding tert-OH is 1. The van der Waals surface area contributed by atoms with Crippen LogP contribution >= 0.6 is 0 Å². The molecule has 0 saturated carbocycles. The molecule has 0 aliphatic rings. The van der Waals surface area contributed by atoms with Crippen LogP contribution in [0.4, 0.5) is 0 Å². The fraction of sp³-hybridized carbons (Fsp3) is 0.458. The molecule has 1 heterocycles. The van der Waals surface area contributed by atoms with Gasteiger partial charge in [-0.3, -0.25) is 0 Å². The van der Waals surface area contributed by atoms with Gasteiger partial charge in [-0.2, -0.15) is 0 Å². The van der Waals surface area contributed by atoms with Gasteiger partial charge in [0.2, 0.25) is 0 Å². The fourth-order valence-electron chi connectivity index (χ4n) is 3.69. The molecule has 0 saturated heterocycles. The van der Waals surface area contributed by atoms with Crippen molar-refractivity contribution >= 4 is 11.0 Å². The highest BCUT2D eigenvalue weighted by atomic mass is 16.5. The summed E-state index contributed by atoms with van der Waals surface area (Å²) >= 11 is 0. The molecule has 28 heavy (non-hydrogen) atoms. The van der Waals surface area contributed by atoms with Gasteiger partial charge in [-0.1, -0.05) is 45.9 Å². The molecule has 2 atom stereocenters. The molecule has 4 heteroatoms. The fourth-order valence-corrected chi connectivity index (χ4v) is 3.69. The lowest BCUT2D eigenvalue weighted by Gasteiger charge is -2.18. The molecule has 1 N–H and O–H groups in total. The summed E-state index contributed by atoms with van der Waals surface area (Å²) in [4.78, 5) is 4.80. The minimum Gasteiger partial charge on any atom is -0.491 e. The van der Waals surface area contributed by atoms with Gasteiger partial charge in [0.25, 0.3) is 0 Å². The Morgan fingerprint density at radius 2 is 1.86 bits per heavy atom. The number of aryl methyl sites for hydroxylation is 1. The number of hydrogen-bond donors (Lipinski definition) is 1. The number of fused-ring (bicyclic) bond motifs is 1. The predicted octanol–water partition coefficient (Wildman–Crippen LogP) is 5.42. The van der Waals surface area contributed by atoms with E-state index < -0.39 is 6.10 Å². The summed E-state index contributed by atoms with van der Waals surface area (Å²) in [7, 11) is 0. The van der Waals surface area contributed by atoms with Gasteiger partial charge in [-0.05, 0) is 54.7 Å². The quantitative estimate of drug-likeness (QED) is 0.567. The van der Waals surface area contributed by atoms with Crippen LogP contribution in [0.3, 0.4) is 0 Å². The monoisotopic (exact) mass is 380 g/mol. The Balaban J connectivity index is 1.73. The third-order valence-electron chi connectivity index (χ3n) is 5.44. The Morgan fingerprint density at radius 3 is 2.54 bits per heavy atom. The van der Waals surface area contributed by atoms with Crippen molar-refractivity contribution in [2.75, 3.05) is 6.61 Å². The molecule has 0 fully saturated rings.